The number of hydrogen-bond acceptors (Lipinski definition) is 6. The van der Waals surface area contributed by atoms with Crippen LogP contribution >= 0.6 is 0 Å². The van der Waals surface area contributed by atoms with Crippen LogP contribution in [0.5, 0.6) is 5.75 Å². The highest BCUT2D eigenvalue weighted by molar-refractivity contribution is 5.62. The number of nitrogens with zero attached hydrogens (tertiary/aromatic N) is 6. The minimum atomic E-state index is 0.515. The molecule has 1 aliphatic heterocycles. The third-order valence-corrected chi connectivity index (χ3v) is 5.68. The Morgan fingerprint density at radius 3 is 2.60 bits per heavy atom. The van der Waals surface area contributed by atoms with E-state index in [4.69, 9.17) is 4.74 Å². The summed E-state index contributed by atoms with van der Waals surface area (Å²) in [5.74, 6) is 1.53. The molecule has 7 nitrogen and oxygen atoms in total. The van der Waals surface area contributed by atoms with Crippen LogP contribution in [0.15, 0.2) is 59.1 Å². The monoisotopic (exact) mass is 402 g/mol. The van der Waals surface area contributed by atoms with Gasteiger partial charge in [-0.2, -0.15) is 5.10 Å². The van der Waals surface area contributed by atoms with Gasteiger partial charge in [0, 0.05) is 31.4 Å². The molecule has 0 unspecified atom stereocenters. The van der Waals surface area contributed by atoms with Gasteiger partial charge in [-0.05, 0) is 72.4 Å². The Labute approximate surface area is 176 Å². The molecule has 2 heterocycles. The molecule has 30 heavy (non-hydrogen) atoms. The van der Waals surface area contributed by atoms with Crippen molar-refractivity contribution in [1.29, 1.82) is 0 Å². The summed E-state index contributed by atoms with van der Waals surface area (Å²) in [6.45, 7) is 3.25. The molecular weight excluding hydrogens is 376 g/mol. The minimum absolute atomic E-state index is 0.515. The number of aromatic nitrogens is 2. The lowest BCUT2D eigenvalue weighted by atomic mass is 10.0. The largest absolute Gasteiger partial charge is 0.489 e. The summed E-state index contributed by atoms with van der Waals surface area (Å²) >= 11 is 0. The van der Waals surface area contributed by atoms with Crippen LogP contribution in [-0.4, -0.2) is 28.5 Å². The van der Waals surface area contributed by atoms with E-state index in [1.54, 1.807) is 0 Å². The molecule has 0 spiro atoms. The molecule has 0 amide bonds. The average Bonchev–Trinajstić information content (AvgIpc) is 3.35. The number of anilines is 1. The fraction of sp³-hybridized carbons (Fsp3) is 0.348. The van der Waals surface area contributed by atoms with Crippen LogP contribution in [0, 0.1) is 6.92 Å². The van der Waals surface area contributed by atoms with E-state index in [9.17, 15) is 0 Å². The topological polar surface area (TPSA) is 58.2 Å². The molecule has 1 fully saturated rings. The van der Waals surface area contributed by atoms with Crippen LogP contribution in [0.2, 0.25) is 0 Å². The van der Waals surface area contributed by atoms with E-state index in [1.165, 1.54) is 24.0 Å². The van der Waals surface area contributed by atoms with Gasteiger partial charge in [-0.15, -0.1) is 0 Å². The Balaban J connectivity index is 1.40. The highest BCUT2D eigenvalue weighted by atomic mass is 16.5. The van der Waals surface area contributed by atoms with Gasteiger partial charge in [0.2, 0.25) is 0 Å². The minimum Gasteiger partial charge on any atom is -0.489 e. The Hall–Kier alpha value is -3.35. The second-order valence-electron chi connectivity index (χ2n) is 8.14. The molecule has 0 atom stereocenters. The van der Waals surface area contributed by atoms with E-state index < -0.39 is 0 Å². The third-order valence-electron chi connectivity index (χ3n) is 5.68. The predicted molar refractivity (Wildman–Crippen MR) is 116 cm³/mol. The van der Waals surface area contributed by atoms with Gasteiger partial charge in [-0.3, -0.25) is 9.69 Å². The first-order chi connectivity index (χ1) is 14.6. The van der Waals surface area contributed by atoms with Crippen LogP contribution < -0.4 is 9.75 Å². The Bertz CT molecular complexity index is 1100. The number of rotatable bonds is 6. The zero-order valence-corrected chi connectivity index (χ0v) is 17.6. The van der Waals surface area contributed by atoms with Crippen LogP contribution in [0.1, 0.15) is 35.4 Å². The lowest BCUT2D eigenvalue weighted by Gasteiger charge is -2.21. The van der Waals surface area contributed by atoms with Crippen molar-refractivity contribution >= 4 is 5.69 Å². The van der Waals surface area contributed by atoms with Crippen molar-refractivity contribution in [2.45, 2.75) is 32.3 Å². The molecule has 154 valence electrons. The number of ether oxygens (including phenoxy) is 1. The van der Waals surface area contributed by atoms with Crippen molar-refractivity contribution in [3.8, 4) is 17.0 Å². The van der Waals surface area contributed by atoms with Gasteiger partial charge in [0.15, 0.2) is 0 Å². The molecule has 0 saturated heterocycles. The van der Waals surface area contributed by atoms with E-state index in [0.717, 1.165) is 28.3 Å². The first-order valence-electron chi connectivity index (χ1n) is 10.3. The van der Waals surface area contributed by atoms with Crippen molar-refractivity contribution < 1.29 is 4.74 Å². The lowest BCUT2D eigenvalue weighted by Crippen LogP contribution is -2.23. The van der Waals surface area contributed by atoms with Gasteiger partial charge in [0.1, 0.15) is 19.0 Å². The van der Waals surface area contributed by atoms with Gasteiger partial charge in [-0.1, -0.05) is 17.4 Å². The summed E-state index contributed by atoms with van der Waals surface area (Å²) in [4.78, 5) is 0. The van der Waals surface area contributed by atoms with E-state index >= 15 is 0 Å². The maximum atomic E-state index is 6.33. The van der Waals surface area contributed by atoms with E-state index in [2.05, 4.69) is 52.8 Å². The summed E-state index contributed by atoms with van der Waals surface area (Å²) in [5.41, 5.74) is 6.83. The molecule has 5 rings (SSSR count). The van der Waals surface area contributed by atoms with Crippen molar-refractivity contribution in [2.75, 3.05) is 18.7 Å². The molecular formula is C23H26N6O. The van der Waals surface area contributed by atoms with Gasteiger partial charge < -0.3 is 4.74 Å². The lowest BCUT2D eigenvalue weighted by molar-refractivity contribution is 0.303. The highest BCUT2D eigenvalue weighted by Gasteiger charge is 2.29. The second kappa shape index (κ2) is 7.48. The summed E-state index contributed by atoms with van der Waals surface area (Å²) in [7, 11) is 3.86. The summed E-state index contributed by atoms with van der Waals surface area (Å²) in [5, 5.41) is 16.7. The van der Waals surface area contributed by atoms with Crippen molar-refractivity contribution in [3.05, 3.63) is 65.4 Å². The Morgan fingerprint density at radius 1 is 1.07 bits per heavy atom. The maximum absolute atomic E-state index is 6.33. The van der Waals surface area contributed by atoms with Crippen LogP contribution in [0.4, 0.5) is 5.69 Å². The SMILES string of the molecule is Cc1cc(-c2ccn(C)n2)ccc1OCc1c(C2CC2)cccc1N1CN(C)N=N1. The molecule has 1 aliphatic carbocycles. The molecule has 0 radical (unpaired) electrons. The van der Waals surface area contributed by atoms with Crippen molar-refractivity contribution in [3.63, 3.8) is 0 Å². The van der Waals surface area contributed by atoms with Crippen LogP contribution in [0.3, 0.4) is 0 Å². The summed E-state index contributed by atoms with van der Waals surface area (Å²) < 4.78 is 8.14. The van der Waals surface area contributed by atoms with Gasteiger partial charge in [0.25, 0.3) is 0 Å². The normalized spacial score (nSPS) is 15.8. The van der Waals surface area contributed by atoms with Crippen molar-refractivity contribution in [1.82, 2.24) is 14.8 Å². The molecule has 1 aromatic heterocycles. The Morgan fingerprint density at radius 2 is 1.93 bits per heavy atom. The molecule has 3 aromatic rings. The van der Waals surface area contributed by atoms with E-state index in [0.29, 0.717) is 19.2 Å². The average molecular weight is 403 g/mol. The fourth-order valence-electron chi connectivity index (χ4n) is 3.95. The zero-order valence-electron chi connectivity index (χ0n) is 17.6. The van der Waals surface area contributed by atoms with Gasteiger partial charge in [0.05, 0.1) is 11.4 Å². The Kier molecular flexibility index (Phi) is 4.65. The standard InChI is InChI=1S/C23H26N6O/c1-16-13-18(21-11-12-27(2)24-21)9-10-23(16)30-14-20-19(17-7-8-17)5-4-6-22(20)29-15-28(3)25-26-29/h4-6,9-13,17H,7-8,14-15H2,1-3H3. The molecule has 0 bridgehead atoms. The van der Waals surface area contributed by atoms with Gasteiger partial charge >= 0.3 is 0 Å². The van der Waals surface area contributed by atoms with Crippen LogP contribution in [0.25, 0.3) is 11.3 Å². The molecule has 7 heteroatoms. The van der Waals surface area contributed by atoms with Crippen molar-refractivity contribution in [2.24, 2.45) is 17.5 Å². The molecule has 2 aromatic carbocycles. The maximum Gasteiger partial charge on any atom is 0.132 e. The highest BCUT2D eigenvalue weighted by Crippen LogP contribution is 2.44. The van der Waals surface area contributed by atoms with E-state index in [-0.39, 0.29) is 0 Å². The predicted octanol–water partition coefficient (Wildman–Crippen LogP) is 4.84. The number of benzene rings is 2. The second-order valence-corrected chi connectivity index (χ2v) is 8.14. The first kappa shape index (κ1) is 18.7. The number of hydrogen-bond donors (Lipinski definition) is 0. The summed E-state index contributed by atoms with van der Waals surface area (Å²) in [6.07, 6.45) is 4.45. The van der Waals surface area contributed by atoms with E-state index in [1.807, 2.05) is 47.1 Å². The smallest absolute Gasteiger partial charge is 0.132 e. The molecule has 1 saturated carbocycles. The zero-order chi connectivity index (χ0) is 20.7. The molecule has 0 N–H and O–H groups in total. The molecule has 2 aliphatic rings. The quantitative estimate of drug-likeness (QED) is 0.592. The number of aryl methyl sites for hydroxylation is 2. The first-order valence-corrected chi connectivity index (χ1v) is 10.3. The van der Waals surface area contributed by atoms with Crippen LogP contribution in [-0.2, 0) is 13.7 Å². The summed E-state index contributed by atoms with van der Waals surface area (Å²) in [6, 6.07) is 14.7. The third kappa shape index (κ3) is 3.63. The van der Waals surface area contributed by atoms with Gasteiger partial charge in [-0.25, -0.2) is 5.01 Å². The fourth-order valence-corrected chi connectivity index (χ4v) is 3.95.